The molecule has 1 aromatic carbocycles. The van der Waals surface area contributed by atoms with Crippen LogP contribution >= 0.6 is 11.6 Å². The zero-order valence-corrected chi connectivity index (χ0v) is 10.1. The summed E-state index contributed by atoms with van der Waals surface area (Å²) in [6.07, 6.45) is 0.0109. The summed E-state index contributed by atoms with van der Waals surface area (Å²) < 4.78 is 5.35. The highest BCUT2D eigenvalue weighted by Crippen LogP contribution is 2.34. The summed E-state index contributed by atoms with van der Waals surface area (Å²) >= 11 is 6.02. The van der Waals surface area contributed by atoms with Crippen molar-refractivity contribution in [1.82, 2.24) is 0 Å². The zero-order valence-electron chi connectivity index (χ0n) is 9.33. The Kier molecular flexibility index (Phi) is 4.14. The summed E-state index contributed by atoms with van der Waals surface area (Å²) in [5.74, 6) is 0. The highest BCUT2D eigenvalue weighted by Gasteiger charge is 2.33. The van der Waals surface area contributed by atoms with Gasteiger partial charge in [-0.2, -0.15) is 0 Å². The van der Waals surface area contributed by atoms with Gasteiger partial charge in [0.2, 0.25) is 0 Å². The molecule has 0 spiro atoms. The third kappa shape index (κ3) is 2.51. The molecule has 0 saturated heterocycles. The van der Waals surface area contributed by atoms with Crippen molar-refractivity contribution in [2.24, 2.45) is 0 Å². The maximum absolute atomic E-state index is 10.2. The Bertz CT molecular complexity index is 321. The Morgan fingerprint density at radius 3 is 2.53 bits per heavy atom. The second-order valence-electron chi connectivity index (χ2n) is 3.79. The van der Waals surface area contributed by atoms with E-state index in [2.05, 4.69) is 0 Å². The predicted octanol–water partition coefficient (Wildman–Crippen LogP) is 3.19. The summed E-state index contributed by atoms with van der Waals surface area (Å²) in [7, 11) is 1.60. The third-order valence-corrected chi connectivity index (χ3v) is 3.29. The normalized spacial score (nSPS) is 17.1. The molecule has 2 unspecified atom stereocenters. The molecule has 0 bridgehead atoms. The quantitative estimate of drug-likeness (QED) is 0.858. The fourth-order valence-corrected chi connectivity index (χ4v) is 1.71. The molecule has 0 heterocycles. The van der Waals surface area contributed by atoms with Gasteiger partial charge in [0.05, 0.1) is 5.60 Å². The van der Waals surface area contributed by atoms with E-state index >= 15 is 0 Å². The zero-order chi connectivity index (χ0) is 11.5. The van der Waals surface area contributed by atoms with Gasteiger partial charge in [-0.25, -0.2) is 0 Å². The molecular weight excluding hydrogens is 212 g/mol. The van der Waals surface area contributed by atoms with Crippen molar-refractivity contribution in [3.05, 3.63) is 34.9 Å². The molecule has 0 aliphatic heterocycles. The molecule has 2 nitrogen and oxygen atoms in total. The van der Waals surface area contributed by atoms with Crippen molar-refractivity contribution in [3.8, 4) is 0 Å². The van der Waals surface area contributed by atoms with Crippen LogP contribution in [0.5, 0.6) is 0 Å². The van der Waals surface area contributed by atoms with Crippen LogP contribution in [-0.4, -0.2) is 17.8 Å². The van der Waals surface area contributed by atoms with Crippen LogP contribution in [0.15, 0.2) is 24.3 Å². The van der Waals surface area contributed by atoms with Crippen LogP contribution in [0.4, 0.5) is 0 Å². The minimum Gasteiger partial charge on any atom is -0.385 e. The van der Waals surface area contributed by atoms with E-state index in [1.54, 1.807) is 13.2 Å². The highest BCUT2D eigenvalue weighted by molar-refractivity contribution is 6.31. The average Bonchev–Trinajstić information content (AvgIpc) is 2.28. The first-order chi connectivity index (χ1) is 7.05. The summed E-state index contributed by atoms with van der Waals surface area (Å²) in [4.78, 5) is 0. The summed E-state index contributed by atoms with van der Waals surface area (Å²) in [5.41, 5.74) is 0.121. The van der Waals surface area contributed by atoms with Gasteiger partial charge in [-0.1, -0.05) is 36.7 Å². The van der Waals surface area contributed by atoms with E-state index in [-0.39, 0.29) is 0 Å². The van der Waals surface area contributed by atoms with Gasteiger partial charge in [-0.15, -0.1) is 0 Å². The van der Waals surface area contributed by atoms with Crippen molar-refractivity contribution >= 4 is 11.6 Å². The first-order valence-corrected chi connectivity index (χ1v) is 5.40. The lowest BCUT2D eigenvalue weighted by atomic mass is 9.90. The number of aliphatic hydroxyl groups excluding tert-OH is 1. The number of methoxy groups -OCH3 is 1. The summed E-state index contributed by atoms with van der Waals surface area (Å²) in [5, 5.41) is 10.8. The van der Waals surface area contributed by atoms with E-state index in [9.17, 15) is 5.11 Å². The number of halogens is 1. The Balaban J connectivity index is 3.03. The maximum atomic E-state index is 10.2. The monoisotopic (exact) mass is 228 g/mol. The molecule has 0 fully saturated rings. The van der Waals surface area contributed by atoms with Crippen molar-refractivity contribution < 1.29 is 9.84 Å². The first-order valence-electron chi connectivity index (χ1n) is 5.02. The van der Waals surface area contributed by atoms with Crippen molar-refractivity contribution in [1.29, 1.82) is 0 Å². The molecule has 15 heavy (non-hydrogen) atoms. The Morgan fingerprint density at radius 1 is 1.47 bits per heavy atom. The topological polar surface area (TPSA) is 29.5 Å². The lowest BCUT2D eigenvalue weighted by Gasteiger charge is -2.32. The molecule has 0 amide bonds. The molecule has 3 heteroatoms. The Labute approximate surface area is 95.8 Å². The minimum absolute atomic E-state index is 0.571. The molecule has 2 atom stereocenters. The van der Waals surface area contributed by atoms with Crippen LogP contribution in [0.25, 0.3) is 0 Å². The lowest BCUT2D eigenvalue weighted by molar-refractivity contribution is -0.0943. The molecule has 84 valence electrons. The van der Waals surface area contributed by atoms with Gasteiger partial charge in [0.1, 0.15) is 6.10 Å². The largest absolute Gasteiger partial charge is 0.385 e. The van der Waals surface area contributed by atoms with Gasteiger partial charge >= 0.3 is 0 Å². The van der Waals surface area contributed by atoms with E-state index in [1.807, 2.05) is 32.0 Å². The molecule has 1 aromatic rings. The number of hydrogen-bond acceptors (Lipinski definition) is 2. The lowest BCUT2D eigenvalue weighted by Crippen LogP contribution is -2.34. The highest BCUT2D eigenvalue weighted by atomic mass is 35.5. The van der Waals surface area contributed by atoms with Crippen LogP contribution < -0.4 is 0 Å². The molecule has 1 rings (SSSR count). The maximum Gasteiger partial charge on any atom is 0.109 e. The predicted molar refractivity (Wildman–Crippen MR) is 62.1 cm³/mol. The average molecular weight is 229 g/mol. The molecule has 0 aromatic heterocycles. The van der Waals surface area contributed by atoms with Crippen LogP contribution in [0.2, 0.25) is 5.02 Å². The second kappa shape index (κ2) is 4.97. The standard InChI is InChI=1S/C12H17ClO2/c1-4-12(2,15-3)11(14)9-7-5-6-8-10(9)13/h5-8,11,14H,4H2,1-3H3. The summed E-state index contributed by atoms with van der Waals surface area (Å²) in [6.45, 7) is 3.85. The van der Waals surface area contributed by atoms with E-state index in [0.29, 0.717) is 10.6 Å². The van der Waals surface area contributed by atoms with E-state index in [0.717, 1.165) is 6.42 Å². The number of rotatable bonds is 4. The molecule has 0 saturated carbocycles. The molecule has 1 N–H and O–H groups in total. The van der Waals surface area contributed by atoms with Crippen LogP contribution in [0.1, 0.15) is 31.9 Å². The van der Waals surface area contributed by atoms with Gasteiger partial charge in [0.15, 0.2) is 0 Å². The number of hydrogen-bond donors (Lipinski definition) is 1. The molecular formula is C12H17ClO2. The van der Waals surface area contributed by atoms with Crippen molar-refractivity contribution in [2.75, 3.05) is 7.11 Å². The fourth-order valence-electron chi connectivity index (χ4n) is 1.48. The summed E-state index contributed by atoms with van der Waals surface area (Å²) in [6, 6.07) is 7.29. The third-order valence-electron chi connectivity index (χ3n) is 2.95. The van der Waals surface area contributed by atoms with Crippen molar-refractivity contribution in [3.63, 3.8) is 0 Å². The Hall–Kier alpha value is -0.570. The van der Waals surface area contributed by atoms with Crippen LogP contribution in [-0.2, 0) is 4.74 Å². The fraction of sp³-hybridized carbons (Fsp3) is 0.500. The van der Waals surface area contributed by atoms with Crippen LogP contribution in [0.3, 0.4) is 0 Å². The molecule has 0 radical (unpaired) electrons. The SMILES string of the molecule is CCC(C)(OC)C(O)c1ccccc1Cl. The van der Waals surface area contributed by atoms with Gasteiger partial charge < -0.3 is 9.84 Å². The number of ether oxygens (including phenoxy) is 1. The number of aliphatic hydroxyl groups is 1. The minimum atomic E-state index is -0.707. The first kappa shape index (κ1) is 12.5. The second-order valence-corrected chi connectivity index (χ2v) is 4.20. The van der Waals surface area contributed by atoms with Crippen LogP contribution in [0, 0.1) is 0 Å². The van der Waals surface area contributed by atoms with Gasteiger partial charge in [0.25, 0.3) is 0 Å². The van der Waals surface area contributed by atoms with E-state index < -0.39 is 11.7 Å². The molecule has 0 aliphatic rings. The molecule has 0 aliphatic carbocycles. The van der Waals surface area contributed by atoms with Gasteiger partial charge in [0, 0.05) is 17.7 Å². The smallest absolute Gasteiger partial charge is 0.109 e. The Morgan fingerprint density at radius 2 is 2.07 bits per heavy atom. The van der Waals surface area contributed by atoms with Gasteiger partial charge in [-0.3, -0.25) is 0 Å². The van der Waals surface area contributed by atoms with Crippen molar-refractivity contribution in [2.45, 2.75) is 32.0 Å². The van der Waals surface area contributed by atoms with Gasteiger partial charge in [-0.05, 0) is 19.4 Å². The number of benzene rings is 1. The van der Waals surface area contributed by atoms with E-state index in [4.69, 9.17) is 16.3 Å². The van der Waals surface area contributed by atoms with E-state index in [1.165, 1.54) is 0 Å².